The number of fused-ring (bicyclic) bond motifs is 4. The Balaban J connectivity index is 1.15. The van der Waals surface area contributed by atoms with E-state index in [2.05, 4.69) is 38.3 Å². The smallest absolute Gasteiger partial charge is 0.329 e. The molecule has 6 aliphatic rings. The molecule has 3 amide bonds. The minimum absolute atomic E-state index is 0.0415. The fourth-order valence-electron chi connectivity index (χ4n) is 9.07. The van der Waals surface area contributed by atoms with Crippen molar-refractivity contribution in [2.75, 3.05) is 63.8 Å². The summed E-state index contributed by atoms with van der Waals surface area (Å²) >= 11 is 6.46. The highest BCUT2D eigenvalue weighted by molar-refractivity contribution is 7.92. The van der Waals surface area contributed by atoms with Crippen molar-refractivity contribution in [2.45, 2.75) is 57.0 Å². The lowest BCUT2D eigenvalue weighted by Crippen LogP contribution is -2.59. The highest BCUT2D eigenvalue weighted by Gasteiger charge is 2.45. The van der Waals surface area contributed by atoms with Crippen LogP contribution in [0.1, 0.15) is 60.5 Å². The Morgan fingerprint density at radius 2 is 1.94 bits per heavy atom. The fourth-order valence-corrected chi connectivity index (χ4v) is 11.2. The number of nitrogens with zero attached hydrogens (tertiary/aromatic N) is 3. The molecule has 0 radical (unpaired) electrons. The molecular formula is C39H49ClN4O6S. The first-order valence-corrected chi connectivity index (χ1v) is 20.6. The van der Waals surface area contributed by atoms with Crippen LogP contribution in [0, 0.1) is 29.6 Å². The fraction of sp³-hybridized carbons (Fsp3) is 0.590. The van der Waals surface area contributed by atoms with Gasteiger partial charge in [0.25, 0.3) is 5.91 Å². The largest absolute Gasteiger partial charge is 0.490 e. The summed E-state index contributed by atoms with van der Waals surface area (Å²) in [6.45, 7) is 6.64. The van der Waals surface area contributed by atoms with Crippen LogP contribution < -0.4 is 14.4 Å². The average Bonchev–Trinajstić information content (AvgIpc) is 3.19. The number of urea groups is 1. The quantitative estimate of drug-likeness (QED) is 0.371. The van der Waals surface area contributed by atoms with Crippen LogP contribution in [0.15, 0.2) is 52.9 Å². The van der Waals surface area contributed by atoms with Crippen LogP contribution in [0.25, 0.3) is 0 Å². The molecule has 12 heteroatoms. The predicted octanol–water partition coefficient (Wildman–Crippen LogP) is 6.26. The van der Waals surface area contributed by atoms with E-state index in [1.807, 2.05) is 25.1 Å². The molecule has 0 aromatic heterocycles. The molecule has 10 nitrogen and oxygen atoms in total. The van der Waals surface area contributed by atoms with E-state index in [1.54, 1.807) is 18.1 Å². The van der Waals surface area contributed by atoms with Crippen LogP contribution in [0.2, 0.25) is 5.02 Å². The molecule has 8 rings (SSSR count). The van der Waals surface area contributed by atoms with Gasteiger partial charge in [-0.05, 0) is 97.7 Å². The van der Waals surface area contributed by atoms with Crippen molar-refractivity contribution in [2.24, 2.45) is 34.0 Å². The molecule has 3 fully saturated rings. The van der Waals surface area contributed by atoms with E-state index in [9.17, 15) is 13.8 Å². The molecule has 51 heavy (non-hydrogen) atoms. The van der Waals surface area contributed by atoms with Gasteiger partial charge < -0.3 is 24.0 Å². The molecule has 4 aliphatic heterocycles. The number of aryl methyl sites for hydroxylation is 1. The zero-order chi connectivity index (χ0) is 35.3. The lowest BCUT2D eigenvalue weighted by atomic mass is 9.68. The Hall–Kier alpha value is -3.12. The molecule has 4 heterocycles. The summed E-state index contributed by atoms with van der Waals surface area (Å²) in [5, 5.41) is 0.747. The molecule has 0 unspecified atom stereocenters. The van der Waals surface area contributed by atoms with E-state index in [1.165, 1.54) is 11.1 Å². The van der Waals surface area contributed by atoms with Crippen molar-refractivity contribution in [3.63, 3.8) is 0 Å². The summed E-state index contributed by atoms with van der Waals surface area (Å²) in [4.78, 5) is 31.4. The molecule has 2 aromatic rings. The van der Waals surface area contributed by atoms with E-state index >= 15 is 0 Å². The molecule has 274 valence electrons. The summed E-state index contributed by atoms with van der Waals surface area (Å²) in [6, 6.07) is 11.2. The number of methoxy groups -OCH3 is 1. The normalized spacial score (nSPS) is 33.3. The lowest BCUT2D eigenvalue weighted by Gasteiger charge is -2.46. The average molecular weight is 737 g/mol. The molecule has 6 atom stereocenters. The molecule has 2 aromatic carbocycles. The van der Waals surface area contributed by atoms with Gasteiger partial charge >= 0.3 is 6.03 Å². The maximum absolute atomic E-state index is 14.5. The molecule has 1 spiro atoms. The Bertz CT molecular complexity index is 1840. The first-order chi connectivity index (χ1) is 24.6. The number of hydrogen-bond acceptors (Lipinski definition) is 7. The number of halogens is 1. The van der Waals surface area contributed by atoms with Gasteiger partial charge in [-0.1, -0.05) is 36.7 Å². The van der Waals surface area contributed by atoms with Crippen molar-refractivity contribution in [1.82, 2.24) is 9.62 Å². The van der Waals surface area contributed by atoms with Gasteiger partial charge in [-0.3, -0.25) is 9.52 Å². The number of rotatable bonds is 3. The van der Waals surface area contributed by atoms with E-state index in [4.69, 9.17) is 25.8 Å². The zero-order valence-corrected chi connectivity index (χ0v) is 31.1. The number of nitrogens with one attached hydrogen (secondary N) is 1. The van der Waals surface area contributed by atoms with Crippen molar-refractivity contribution < 1.29 is 28.0 Å². The highest BCUT2D eigenvalue weighted by atomic mass is 35.5. The van der Waals surface area contributed by atoms with Gasteiger partial charge in [-0.2, -0.15) is 0 Å². The van der Waals surface area contributed by atoms with E-state index < -0.39 is 21.9 Å². The minimum Gasteiger partial charge on any atom is -0.490 e. The van der Waals surface area contributed by atoms with Gasteiger partial charge in [0.05, 0.1) is 37.4 Å². The standard InChI is InChI=1S/C39H49ClN4O6S/c1-25-5-3-7-35(48-2)32-11-8-28(32)17-44-23-39(14-4-6-26-15-31(40)10-12-33(26)39)24-50-36-13-9-27(16-34(36)44)37(45)41-51(47,22-25)42-38(46)43-18-29(19-43)30-20-49-21-30/h3,7,9-10,12-13,15-16,25,28-30,32,35H,4-6,8,11,14,17-24H2,1-2H3,(H,41,42,45,46,47)/b7-3+/t25-,28-,32+,35-,39-,51-/m0/s1. The van der Waals surface area contributed by atoms with Crippen molar-refractivity contribution in [1.29, 1.82) is 0 Å². The van der Waals surface area contributed by atoms with Gasteiger partial charge in [0, 0.05) is 61.1 Å². The third kappa shape index (κ3) is 6.91. The number of amides is 3. The van der Waals surface area contributed by atoms with Gasteiger partial charge in [0.2, 0.25) is 0 Å². The summed E-state index contributed by atoms with van der Waals surface area (Å²) < 4.78 is 39.6. The Kier molecular flexibility index (Phi) is 9.61. The van der Waals surface area contributed by atoms with Gasteiger partial charge in [-0.25, -0.2) is 9.00 Å². The molecule has 1 N–H and O–H groups in total. The first kappa shape index (κ1) is 34.9. The monoisotopic (exact) mass is 736 g/mol. The second-order valence-corrected chi connectivity index (χ2v) is 18.3. The maximum atomic E-state index is 14.5. The summed E-state index contributed by atoms with van der Waals surface area (Å²) in [5.74, 6) is 1.66. The maximum Gasteiger partial charge on any atom is 0.329 e. The number of hydrogen-bond donors (Lipinski definition) is 1. The predicted molar refractivity (Wildman–Crippen MR) is 198 cm³/mol. The van der Waals surface area contributed by atoms with Crippen LogP contribution in [-0.2, 0) is 31.2 Å². The van der Waals surface area contributed by atoms with Crippen molar-refractivity contribution in [3.8, 4) is 5.75 Å². The van der Waals surface area contributed by atoms with E-state index in [0.717, 1.165) is 74.9 Å². The minimum atomic E-state index is -3.45. The first-order valence-electron chi connectivity index (χ1n) is 18.6. The van der Waals surface area contributed by atoms with Crippen molar-refractivity contribution in [3.05, 3.63) is 70.3 Å². The lowest BCUT2D eigenvalue weighted by molar-refractivity contribution is -0.0891. The van der Waals surface area contributed by atoms with Gasteiger partial charge in [0.1, 0.15) is 15.7 Å². The van der Waals surface area contributed by atoms with Crippen LogP contribution in [-0.4, -0.2) is 86.0 Å². The van der Waals surface area contributed by atoms with Gasteiger partial charge in [-0.15, -0.1) is 4.36 Å². The Morgan fingerprint density at radius 1 is 1.10 bits per heavy atom. The summed E-state index contributed by atoms with van der Waals surface area (Å²) in [5.41, 5.74) is 3.47. The van der Waals surface area contributed by atoms with Crippen LogP contribution in [0.5, 0.6) is 5.75 Å². The summed E-state index contributed by atoms with van der Waals surface area (Å²) in [6.07, 6.45) is 10.0. The number of carbonyl (C=O) groups excluding carboxylic acids is 2. The van der Waals surface area contributed by atoms with Crippen LogP contribution in [0.4, 0.5) is 10.5 Å². The number of likely N-dealkylation sites (tertiary alicyclic amines) is 1. The molecule has 2 aliphatic carbocycles. The Labute approximate surface area is 306 Å². The van der Waals surface area contributed by atoms with E-state index in [0.29, 0.717) is 55.4 Å². The molecular weight excluding hydrogens is 688 g/mol. The highest BCUT2D eigenvalue weighted by Crippen LogP contribution is 2.47. The van der Waals surface area contributed by atoms with E-state index in [-0.39, 0.29) is 23.2 Å². The van der Waals surface area contributed by atoms with Crippen molar-refractivity contribution >= 4 is 39.1 Å². The third-order valence-corrected chi connectivity index (χ3v) is 14.5. The SMILES string of the molecule is CO[C@H]1/C=C/C[C@H](C)C[S@@](=O)(NC(=O)N2CC(C3COC3)C2)=NC(=O)c2ccc3c(c2)N(C[C@@H]2CC[C@H]21)C[C@@]1(CCCc2cc(Cl)ccc21)CO3. The second-order valence-electron chi connectivity index (χ2n) is 15.8. The Morgan fingerprint density at radius 3 is 2.69 bits per heavy atom. The number of carbonyl (C=O) groups is 2. The molecule has 2 saturated heterocycles. The van der Waals surface area contributed by atoms with Crippen LogP contribution >= 0.6 is 11.6 Å². The summed E-state index contributed by atoms with van der Waals surface area (Å²) in [7, 11) is -1.68. The van der Waals surface area contributed by atoms with Gasteiger partial charge in [0.15, 0.2) is 0 Å². The molecule has 2 bridgehead atoms. The molecule has 1 saturated carbocycles. The van der Waals surface area contributed by atoms with Crippen LogP contribution in [0.3, 0.4) is 0 Å². The third-order valence-electron chi connectivity index (χ3n) is 12.3. The second kappa shape index (κ2) is 14.0. The number of anilines is 1. The number of allylic oxidation sites excluding steroid dienone is 1. The number of ether oxygens (including phenoxy) is 3. The number of benzene rings is 2. The topological polar surface area (TPSA) is 110 Å². The zero-order valence-electron chi connectivity index (χ0n) is 29.6.